The van der Waals surface area contributed by atoms with Gasteiger partial charge in [-0.1, -0.05) is 48.5 Å². The molecule has 0 saturated heterocycles. The minimum absolute atomic E-state index is 0.201. The number of ether oxygens (including phenoxy) is 1. The Bertz CT molecular complexity index is 1490. The monoisotopic (exact) mass is 466 g/mol. The average Bonchev–Trinajstić information content (AvgIpc) is 3.36. The van der Waals surface area contributed by atoms with E-state index in [0.29, 0.717) is 28.3 Å². The van der Waals surface area contributed by atoms with Crippen LogP contribution >= 0.6 is 0 Å². The highest BCUT2D eigenvalue weighted by Crippen LogP contribution is 2.33. The fourth-order valence-corrected chi connectivity index (χ4v) is 4.62. The van der Waals surface area contributed by atoms with Gasteiger partial charge >= 0.3 is 0 Å². The van der Waals surface area contributed by atoms with Gasteiger partial charge in [0.05, 0.1) is 29.6 Å². The molecule has 7 heteroatoms. The molecule has 0 radical (unpaired) electrons. The summed E-state index contributed by atoms with van der Waals surface area (Å²) in [6, 6.07) is 26.3. The molecule has 7 nitrogen and oxygen atoms in total. The number of nitrogens with one attached hydrogen (secondary N) is 2. The summed E-state index contributed by atoms with van der Waals surface area (Å²) in [5, 5.41) is 6.42. The van der Waals surface area contributed by atoms with Crippen molar-refractivity contribution in [2.75, 3.05) is 7.11 Å². The summed E-state index contributed by atoms with van der Waals surface area (Å²) >= 11 is 0. The maximum absolute atomic E-state index is 13.8. The molecule has 5 aromatic rings. The first-order valence-electron chi connectivity index (χ1n) is 11.4. The van der Waals surface area contributed by atoms with Crippen LogP contribution < -0.4 is 15.9 Å². The molecule has 176 valence electrons. The van der Waals surface area contributed by atoms with Crippen molar-refractivity contribution in [1.82, 2.24) is 19.6 Å². The lowest BCUT2D eigenvalue weighted by atomic mass is 9.85. The quantitative estimate of drug-likeness (QED) is 0.388. The van der Waals surface area contributed by atoms with E-state index in [2.05, 4.69) is 10.2 Å². The highest BCUT2D eigenvalue weighted by molar-refractivity contribution is 5.49. The number of hydrogen-bond donors (Lipinski definition) is 2. The number of para-hydroxylation sites is 2. The van der Waals surface area contributed by atoms with Gasteiger partial charge in [-0.3, -0.25) is 19.8 Å². The molecule has 0 spiro atoms. The molecule has 0 unspecified atom stereocenters. The van der Waals surface area contributed by atoms with Crippen molar-refractivity contribution in [3.8, 4) is 17.1 Å². The van der Waals surface area contributed by atoms with Crippen LogP contribution in [0.3, 0.4) is 0 Å². The number of hydrogen-bond acceptors (Lipinski definition) is 3. The van der Waals surface area contributed by atoms with Gasteiger partial charge in [-0.25, -0.2) is 9.36 Å². The van der Waals surface area contributed by atoms with Crippen LogP contribution in [-0.4, -0.2) is 26.7 Å². The molecule has 0 amide bonds. The standard InChI is InChI=1S/C28H26N4O3/c1-18-24(27(33)31(29-18)21-12-6-4-7-13-21)26(20-11-10-16-23(17-20)35-3)25-19(2)30-32(28(25)34)22-14-8-5-9-15-22/h4-17,26,29-30H,1-3H3. The molecule has 0 aliphatic heterocycles. The van der Waals surface area contributed by atoms with Crippen LogP contribution in [-0.2, 0) is 0 Å². The van der Waals surface area contributed by atoms with Gasteiger partial charge < -0.3 is 4.74 Å². The lowest BCUT2D eigenvalue weighted by molar-refractivity contribution is 0.414. The Balaban J connectivity index is 1.78. The first-order valence-corrected chi connectivity index (χ1v) is 11.4. The molecule has 35 heavy (non-hydrogen) atoms. The first-order chi connectivity index (χ1) is 17.0. The number of aromatic amines is 2. The predicted molar refractivity (Wildman–Crippen MR) is 136 cm³/mol. The Morgan fingerprint density at radius 1 is 0.686 bits per heavy atom. The van der Waals surface area contributed by atoms with Crippen molar-refractivity contribution in [2.24, 2.45) is 0 Å². The van der Waals surface area contributed by atoms with E-state index in [1.165, 1.54) is 9.36 Å². The number of aromatic nitrogens is 4. The fourth-order valence-electron chi connectivity index (χ4n) is 4.62. The molecule has 3 aromatic carbocycles. The Hall–Kier alpha value is -4.52. The van der Waals surface area contributed by atoms with E-state index in [-0.39, 0.29) is 11.1 Å². The minimum Gasteiger partial charge on any atom is -0.497 e. The summed E-state index contributed by atoms with van der Waals surface area (Å²) in [5.74, 6) is 0.0492. The number of aryl methyl sites for hydroxylation is 2. The van der Waals surface area contributed by atoms with Gasteiger partial charge in [0.25, 0.3) is 11.1 Å². The second-order valence-corrected chi connectivity index (χ2v) is 8.46. The lowest BCUT2D eigenvalue weighted by Crippen LogP contribution is -2.25. The third kappa shape index (κ3) is 3.91. The van der Waals surface area contributed by atoms with Gasteiger partial charge in [0, 0.05) is 17.3 Å². The SMILES string of the molecule is COc1cccc(C(c2c(C)[nH]n(-c3ccccc3)c2=O)c2c(C)[nH]n(-c3ccccc3)c2=O)c1. The number of rotatable bonds is 6. The Kier molecular flexibility index (Phi) is 5.74. The largest absolute Gasteiger partial charge is 0.497 e. The molecule has 5 rings (SSSR count). The Labute approximate surface area is 202 Å². The predicted octanol–water partition coefficient (Wildman–Crippen LogP) is 4.45. The van der Waals surface area contributed by atoms with Crippen LogP contribution in [0.15, 0.2) is 94.5 Å². The van der Waals surface area contributed by atoms with Gasteiger partial charge in [-0.05, 0) is 55.8 Å². The Morgan fingerprint density at radius 3 is 1.63 bits per heavy atom. The van der Waals surface area contributed by atoms with Crippen molar-refractivity contribution in [1.29, 1.82) is 0 Å². The van der Waals surface area contributed by atoms with Crippen LogP contribution in [0.4, 0.5) is 0 Å². The molecule has 2 aromatic heterocycles. The van der Waals surface area contributed by atoms with E-state index in [1.807, 2.05) is 98.8 Å². The molecule has 0 aliphatic rings. The summed E-state index contributed by atoms with van der Waals surface area (Å²) in [6.07, 6.45) is 0. The van der Waals surface area contributed by atoms with E-state index in [0.717, 1.165) is 16.9 Å². The zero-order chi connectivity index (χ0) is 24.5. The van der Waals surface area contributed by atoms with Gasteiger partial charge in [0.15, 0.2) is 0 Å². The van der Waals surface area contributed by atoms with Gasteiger partial charge in [-0.15, -0.1) is 0 Å². The van der Waals surface area contributed by atoms with Crippen molar-refractivity contribution in [3.63, 3.8) is 0 Å². The number of nitrogens with zero attached hydrogens (tertiary/aromatic N) is 2. The highest BCUT2D eigenvalue weighted by atomic mass is 16.5. The molecule has 0 atom stereocenters. The third-order valence-corrected chi connectivity index (χ3v) is 6.27. The fraction of sp³-hybridized carbons (Fsp3) is 0.143. The first kappa shape index (κ1) is 22.3. The third-order valence-electron chi connectivity index (χ3n) is 6.27. The molecule has 0 bridgehead atoms. The zero-order valence-corrected chi connectivity index (χ0v) is 19.8. The van der Waals surface area contributed by atoms with E-state index >= 15 is 0 Å². The van der Waals surface area contributed by atoms with E-state index < -0.39 is 5.92 Å². The Morgan fingerprint density at radius 2 is 1.17 bits per heavy atom. The molecular formula is C28H26N4O3. The summed E-state index contributed by atoms with van der Waals surface area (Å²) < 4.78 is 8.51. The molecule has 0 aliphatic carbocycles. The van der Waals surface area contributed by atoms with Crippen LogP contribution in [0.25, 0.3) is 11.4 Å². The molecular weight excluding hydrogens is 440 g/mol. The summed E-state index contributed by atoms with van der Waals surface area (Å²) in [7, 11) is 1.60. The summed E-state index contributed by atoms with van der Waals surface area (Å²) in [5.41, 5.74) is 4.26. The van der Waals surface area contributed by atoms with E-state index in [9.17, 15) is 9.59 Å². The van der Waals surface area contributed by atoms with Crippen molar-refractivity contribution < 1.29 is 4.74 Å². The van der Waals surface area contributed by atoms with Crippen LogP contribution in [0.1, 0.15) is 34.0 Å². The summed E-state index contributed by atoms with van der Waals surface area (Å²) in [4.78, 5) is 27.6. The van der Waals surface area contributed by atoms with E-state index in [1.54, 1.807) is 7.11 Å². The van der Waals surface area contributed by atoms with Crippen LogP contribution in [0.5, 0.6) is 5.75 Å². The number of methoxy groups -OCH3 is 1. The second kappa shape index (κ2) is 9.02. The van der Waals surface area contributed by atoms with Crippen molar-refractivity contribution in [2.45, 2.75) is 19.8 Å². The normalized spacial score (nSPS) is 11.2. The summed E-state index contributed by atoms with van der Waals surface area (Å²) in [6.45, 7) is 3.72. The van der Waals surface area contributed by atoms with Crippen molar-refractivity contribution in [3.05, 3.63) is 134 Å². The zero-order valence-electron chi connectivity index (χ0n) is 19.8. The smallest absolute Gasteiger partial charge is 0.275 e. The topological polar surface area (TPSA) is 84.8 Å². The second-order valence-electron chi connectivity index (χ2n) is 8.46. The molecule has 2 heterocycles. The van der Waals surface area contributed by atoms with E-state index in [4.69, 9.17) is 4.74 Å². The van der Waals surface area contributed by atoms with Gasteiger partial charge in [-0.2, -0.15) is 0 Å². The molecule has 0 fully saturated rings. The maximum atomic E-state index is 13.8. The number of benzene rings is 3. The van der Waals surface area contributed by atoms with Gasteiger partial charge in [0.2, 0.25) is 0 Å². The number of H-pyrrole nitrogens is 2. The lowest BCUT2D eigenvalue weighted by Gasteiger charge is -2.16. The average molecular weight is 467 g/mol. The van der Waals surface area contributed by atoms with Crippen LogP contribution in [0, 0.1) is 13.8 Å². The minimum atomic E-state index is -0.604. The maximum Gasteiger partial charge on any atom is 0.275 e. The highest BCUT2D eigenvalue weighted by Gasteiger charge is 2.31. The molecule has 0 saturated carbocycles. The van der Waals surface area contributed by atoms with Gasteiger partial charge in [0.1, 0.15) is 5.75 Å². The molecule has 2 N–H and O–H groups in total. The van der Waals surface area contributed by atoms with Crippen molar-refractivity contribution >= 4 is 0 Å². The van der Waals surface area contributed by atoms with Crippen LogP contribution in [0.2, 0.25) is 0 Å².